The minimum absolute atomic E-state index is 0.703. The molecule has 17 heavy (non-hydrogen) atoms. The number of pyridine rings is 1. The Morgan fingerprint density at radius 2 is 1.47 bits per heavy atom. The van der Waals surface area contributed by atoms with Crippen molar-refractivity contribution in [2.45, 2.75) is 41.5 Å². The highest BCUT2D eigenvalue weighted by molar-refractivity contribution is 5.98. The van der Waals surface area contributed by atoms with Crippen LogP contribution in [-0.2, 0) is 4.74 Å². The minimum Gasteiger partial charge on any atom is -0.475 e. The van der Waals surface area contributed by atoms with Crippen molar-refractivity contribution in [2.75, 3.05) is 13.2 Å². The van der Waals surface area contributed by atoms with Gasteiger partial charge >= 0.3 is 0 Å². The monoisotopic (exact) mass is 234 g/mol. The number of aliphatic imine (C=N–C) groups is 1. The zero-order valence-electron chi connectivity index (χ0n) is 11.7. The Kier molecular flexibility index (Phi) is 4.67. The maximum Gasteiger partial charge on any atom is 0.216 e. The van der Waals surface area contributed by atoms with E-state index in [0.717, 1.165) is 29.4 Å². The summed E-state index contributed by atoms with van der Waals surface area (Å²) in [7, 11) is 0. The van der Waals surface area contributed by atoms with Crippen LogP contribution in [0.3, 0.4) is 0 Å². The maximum atomic E-state index is 5.53. The Hall–Kier alpha value is -1.38. The molecule has 1 aliphatic heterocycles. The third kappa shape index (κ3) is 2.65. The molecule has 0 amide bonds. The first kappa shape index (κ1) is 13.7. The number of hydrogen-bond acceptors (Lipinski definition) is 3. The molecule has 0 spiro atoms. The molecule has 0 aliphatic carbocycles. The summed E-state index contributed by atoms with van der Waals surface area (Å²) in [6.45, 7) is 13.7. The molecule has 2 heterocycles. The number of aryl methyl sites for hydroxylation is 2. The SMILES string of the molecule is CC.Cc1nc(C)c(C)c(C2=NCCO2)c1C. The molecule has 3 heteroatoms. The zero-order valence-corrected chi connectivity index (χ0v) is 11.7. The molecule has 0 atom stereocenters. The van der Waals surface area contributed by atoms with Crippen LogP contribution in [-0.4, -0.2) is 24.0 Å². The van der Waals surface area contributed by atoms with Gasteiger partial charge in [0.2, 0.25) is 5.90 Å². The number of nitrogens with zero attached hydrogens (tertiary/aromatic N) is 2. The van der Waals surface area contributed by atoms with E-state index in [1.807, 2.05) is 27.7 Å². The molecule has 1 aromatic heterocycles. The van der Waals surface area contributed by atoms with Gasteiger partial charge in [-0.1, -0.05) is 13.8 Å². The molecule has 0 unspecified atom stereocenters. The van der Waals surface area contributed by atoms with Gasteiger partial charge in [0, 0.05) is 17.0 Å². The average Bonchev–Trinajstić information content (AvgIpc) is 2.83. The van der Waals surface area contributed by atoms with Crippen LogP contribution < -0.4 is 0 Å². The number of rotatable bonds is 1. The second-order valence-electron chi connectivity index (χ2n) is 3.94. The topological polar surface area (TPSA) is 34.5 Å². The van der Waals surface area contributed by atoms with Crippen molar-refractivity contribution >= 4 is 5.90 Å². The van der Waals surface area contributed by atoms with Crippen molar-refractivity contribution in [3.05, 3.63) is 28.1 Å². The van der Waals surface area contributed by atoms with E-state index >= 15 is 0 Å². The highest BCUT2D eigenvalue weighted by atomic mass is 16.5. The Morgan fingerprint density at radius 3 is 1.88 bits per heavy atom. The fourth-order valence-corrected chi connectivity index (χ4v) is 1.87. The van der Waals surface area contributed by atoms with Crippen molar-refractivity contribution in [3.63, 3.8) is 0 Å². The Bertz CT molecular complexity index is 410. The normalized spacial score (nSPS) is 13.6. The van der Waals surface area contributed by atoms with Crippen molar-refractivity contribution in [1.82, 2.24) is 4.98 Å². The fraction of sp³-hybridized carbons (Fsp3) is 0.571. The second kappa shape index (κ2) is 5.80. The predicted octanol–water partition coefficient (Wildman–Crippen LogP) is 3.12. The minimum atomic E-state index is 0.703. The first-order valence-corrected chi connectivity index (χ1v) is 6.23. The van der Waals surface area contributed by atoms with Gasteiger partial charge in [-0.15, -0.1) is 0 Å². The van der Waals surface area contributed by atoms with Gasteiger partial charge in [0.25, 0.3) is 0 Å². The predicted molar refractivity (Wildman–Crippen MR) is 71.9 cm³/mol. The van der Waals surface area contributed by atoms with Crippen molar-refractivity contribution in [3.8, 4) is 0 Å². The third-order valence-electron chi connectivity index (χ3n) is 2.97. The highest BCUT2D eigenvalue weighted by Gasteiger charge is 2.18. The third-order valence-corrected chi connectivity index (χ3v) is 2.97. The maximum absolute atomic E-state index is 5.53. The van der Waals surface area contributed by atoms with Gasteiger partial charge in [-0.3, -0.25) is 4.98 Å². The molecule has 0 fully saturated rings. The summed E-state index contributed by atoms with van der Waals surface area (Å²) in [4.78, 5) is 8.87. The highest BCUT2D eigenvalue weighted by Crippen LogP contribution is 2.21. The molecule has 3 nitrogen and oxygen atoms in total. The lowest BCUT2D eigenvalue weighted by Crippen LogP contribution is -2.10. The number of ether oxygens (including phenoxy) is 1. The van der Waals surface area contributed by atoms with Crippen molar-refractivity contribution in [2.24, 2.45) is 4.99 Å². The molecular weight excluding hydrogens is 212 g/mol. The van der Waals surface area contributed by atoms with E-state index in [1.165, 1.54) is 11.1 Å². The van der Waals surface area contributed by atoms with Crippen LogP contribution >= 0.6 is 0 Å². The summed E-state index contributed by atoms with van der Waals surface area (Å²) in [6.07, 6.45) is 0. The Balaban J connectivity index is 0.000000686. The van der Waals surface area contributed by atoms with Crippen molar-refractivity contribution < 1.29 is 4.74 Å². The molecule has 0 aromatic carbocycles. The van der Waals surface area contributed by atoms with E-state index in [1.54, 1.807) is 0 Å². The van der Waals surface area contributed by atoms with Crippen LogP contribution in [0.2, 0.25) is 0 Å². The molecule has 0 saturated carbocycles. The second-order valence-corrected chi connectivity index (χ2v) is 3.94. The van der Waals surface area contributed by atoms with E-state index in [-0.39, 0.29) is 0 Å². The van der Waals surface area contributed by atoms with Crippen molar-refractivity contribution in [1.29, 1.82) is 0 Å². The van der Waals surface area contributed by atoms with Crippen LogP contribution in [0.4, 0.5) is 0 Å². The molecular formula is C14H22N2O. The molecule has 0 radical (unpaired) electrons. The fourth-order valence-electron chi connectivity index (χ4n) is 1.87. The van der Waals surface area contributed by atoms with Gasteiger partial charge in [-0.25, -0.2) is 4.99 Å². The van der Waals surface area contributed by atoms with Gasteiger partial charge < -0.3 is 4.74 Å². The van der Waals surface area contributed by atoms with Crippen LogP contribution in [0.5, 0.6) is 0 Å². The summed E-state index contributed by atoms with van der Waals surface area (Å²) < 4.78 is 5.53. The first-order valence-electron chi connectivity index (χ1n) is 6.23. The van der Waals surface area contributed by atoms with E-state index in [2.05, 4.69) is 23.8 Å². The molecule has 0 bridgehead atoms. The summed E-state index contributed by atoms with van der Waals surface area (Å²) >= 11 is 0. The molecule has 1 aromatic rings. The average molecular weight is 234 g/mol. The van der Waals surface area contributed by atoms with Crippen LogP contribution in [0.25, 0.3) is 0 Å². The molecule has 94 valence electrons. The standard InChI is InChI=1S/C12H16N2O.C2H6/c1-7-9(3)14-10(4)8(2)11(7)12-13-5-6-15-12;1-2/h5-6H2,1-4H3;1-2H3. The van der Waals surface area contributed by atoms with E-state index in [4.69, 9.17) is 4.74 Å². The molecule has 2 rings (SSSR count). The number of hydrogen-bond donors (Lipinski definition) is 0. The zero-order chi connectivity index (χ0) is 13.0. The number of aromatic nitrogens is 1. The van der Waals surface area contributed by atoms with Gasteiger partial charge in [0.1, 0.15) is 6.61 Å². The lowest BCUT2D eigenvalue weighted by Gasteiger charge is -2.13. The van der Waals surface area contributed by atoms with Gasteiger partial charge in [0.05, 0.1) is 6.54 Å². The first-order chi connectivity index (χ1) is 8.11. The van der Waals surface area contributed by atoms with E-state index < -0.39 is 0 Å². The lowest BCUT2D eigenvalue weighted by molar-refractivity contribution is 0.348. The van der Waals surface area contributed by atoms with Gasteiger partial charge in [-0.2, -0.15) is 0 Å². The van der Waals surface area contributed by atoms with Gasteiger partial charge in [0.15, 0.2) is 0 Å². The quantitative estimate of drug-likeness (QED) is 0.748. The lowest BCUT2D eigenvalue weighted by atomic mass is 10.0. The largest absolute Gasteiger partial charge is 0.475 e. The van der Waals surface area contributed by atoms with E-state index in [9.17, 15) is 0 Å². The van der Waals surface area contributed by atoms with Crippen LogP contribution in [0.15, 0.2) is 4.99 Å². The molecule has 1 aliphatic rings. The van der Waals surface area contributed by atoms with Gasteiger partial charge in [-0.05, 0) is 38.8 Å². The van der Waals surface area contributed by atoms with Crippen LogP contribution in [0, 0.1) is 27.7 Å². The van der Waals surface area contributed by atoms with Crippen LogP contribution in [0.1, 0.15) is 41.9 Å². The molecule has 0 N–H and O–H groups in total. The van der Waals surface area contributed by atoms with E-state index in [0.29, 0.717) is 6.61 Å². The summed E-state index contributed by atoms with van der Waals surface area (Å²) in [5.41, 5.74) is 5.62. The summed E-state index contributed by atoms with van der Waals surface area (Å²) in [5.74, 6) is 0.790. The Labute approximate surface area is 104 Å². The smallest absolute Gasteiger partial charge is 0.216 e. The summed E-state index contributed by atoms with van der Waals surface area (Å²) in [6, 6.07) is 0. The molecule has 0 saturated heterocycles. The summed E-state index contributed by atoms with van der Waals surface area (Å²) in [5, 5.41) is 0. The Morgan fingerprint density at radius 1 is 0.941 bits per heavy atom.